The molecule has 0 bridgehead atoms. The molecule has 0 radical (unpaired) electrons. The predicted molar refractivity (Wildman–Crippen MR) is 64.4 cm³/mol. The Hall–Kier alpha value is -0.960. The monoisotopic (exact) mass is 243 g/mol. The average molecular weight is 244 g/mol. The third-order valence-electron chi connectivity index (χ3n) is 2.63. The number of carbonyl (C=O) groups excluding carboxylic acids is 1. The van der Waals surface area contributed by atoms with Gasteiger partial charge >= 0.3 is 0 Å². The molecule has 4 heteroatoms. The van der Waals surface area contributed by atoms with E-state index < -0.39 is 5.41 Å². The number of amides is 1. The van der Waals surface area contributed by atoms with E-state index >= 15 is 0 Å². The van der Waals surface area contributed by atoms with Gasteiger partial charge in [-0.1, -0.05) is 0 Å². The van der Waals surface area contributed by atoms with E-state index in [1.807, 2.05) is 26.8 Å². The zero-order chi connectivity index (χ0) is 12.3. The highest BCUT2D eigenvalue weighted by Crippen LogP contribution is 2.21. The van der Waals surface area contributed by atoms with Crippen molar-refractivity contribution in [1.82, 2.24) is 4.90 Å². The van der Waals surface area contributed by atoms with Crippen molar-refractivity contribution in [1.29, 1.82) is 0 Å². The molecule has 0 unspecified atom stereocenters. The van der Waals surface area contributed by atoms with Crippen LogP contribution in [-0.2, 0) is 11.3 Å². The number of aryl methyl sites for hydroxylation is 1. The zero-order valence-electron chi connectivity index (χ0n) is 10.2. The average Bonchev–Trinajstić information content (AvgIpc) is 2.63. The van der Waals surface area contributed by atoms with Gasteiger partial charge < -0.3 is 9.32 Å². The Kier molecular flexibility index (Phi) is 4.03. The first-order valence-corrected chi connectivity index (χ1v) is 5.76. The first-order valence-electron chi connectivity index (χ1n) is 5.23. The lowest BCUT2D eigenvalue weighted by molar-refractivity contribution is -0.138. The number of hydrogen-bond donors (Lipinski definition) is 0. The molecule has 1 aromatic heterocycles. The highest BCUT2D eigenvalue weighted by atomic mass is 35.5. The van der Waals surface area contributed by atoms with Crippen LogP contribution in [0.4, 0.5) is 0 Å². The normalized spacial score (nSPS) is 11.6. The SMILES string of the molecule is Cc1occc1CN(C)C(=O)C(C)(C)CCl. The molecular formula is C12H18ClNO2. The lowest BCUT2D eigenvalue weighted by atomic mass is 9.94. The second kappa shape index (κ2) is 4.91. The maximum Gasteiger partial charge on any atom is 0.229 e. The fourth-order valence-electron chi connectivity index (χ4n) is 1.48. The Bertz CT molecular complexity index is 371. The molecule has 0 aliphatic carbocycles. The summed E-state index contributed by atoms with van der Waals surface area (Å²) < 4.78 is 5.19. The van der Waals surface area contributed by atoms with Crippen LogP contribution in [-0.4, -0.2) is 23.7 Å². The molecule has 1 heterocycles. The highest BCUT2D eigenvalue weighted by Gasteiger charge is 2.29. The molecule has 0 aliphatic rings. The first-order chi connectivity index (χ1) is 7.38. The maximum absolute atomic E-state index is 12.0. The first kappa shape index (κ1) is 13.1. The van der Waals surface area contributed by atoms with Gasteiger partial charge in [0.1, 0.15) is 5.76 Å². The summed E-state index contributed by atoms with van der Waals surface area (Å²) in [5.74, 6) is 1.21. The molecule has 0 N–H and O–H groups in total. The Morgan fingerprint density at radius 2 is 2.19 bits per heavy atom. The number of hydrogen-bond acceptors (Lipinski definition) is 2. The maximum atomic E-state index is 12.0. The van der Waals surface area contributed by atoms with Crippen LogP contribution in [0.1, 0.15) is 25.2 Å². The smallest absolute Gasteiger partial charge is 0.229 e. The van der Waals surface area contributed by atoms with Crippen LogP contribution >= 0.6 is 11.6 Å². The Balaban J connectivity index is 2.70. The van der Waals surface area contributed by atoms with Crippen LogP contribution in [0, 0.1) is 12.3 Å². The van der Waals surface area contributed by atoms with E-state index in [0.29, 0.717) is 12.4 Å². The Morgan fingerprint density at radius 3 is 2.62 bits per heavy atom. The molecular weight excluding hydrogens is 226 g/mol. The summed E-state index contributed by atoms with van der Waals surface area (Å²) >= 11 is 5.78. The molecule has 1 aromatic rings. The molecule has 1 amide bonds. The van der Waals surface area contributed by atoms with Crippen molar-refractivity contribution in [2.24, 2.45) is 5.41 Å². The number of rotatable bonds is 4. The van der Waals surface area contributed by atoms with Gasteiger partial charge in [-0.15, -0.1) is 11.6 Å². The quantitative estimate of drug-likeness (QED) is 0.762. The molecule has 0 spiro atoms. The Labute approximate surface area is 101 Å². The summed E-state index contributed by atoms with van der Waals surface area (Å²) in [4.78, 5) is 13.7. The van der Waals surface area contributed by atoms with E-state index in [2.05, 4.69) is 0 Å². The second-order valence-electron chi connectivity index (χ2n) is 4.68. The van der Waals surface area contributed by atoms with Crippen LogP contribution < -0.4 is 0 Å². The fraction of sp³-hybridized carbons (Fsp3) is 0.583. The van der Waals surface area contributed by atoms with Gasteiger partial charge in [-0.3, -0.25) is 4.79 Å². The van der Waals surface area contributed by atoms with Crippen LogP contribution in [0.15, 0.2) is 16.7 Å². The minimum Gasteiger partial charge on any atom is -0.469 e. The molecule has 0 fully saturated rings. The molecule has 0 saturated heterocycles. The summed E-state index contributed by atoms with van der Waals surface area (Å²) in [6, 6.07) is 1.88. The topological polar surface area (TPSA) is 33.5 Å². The summed E-state index contributed by atoms with van der Waals surface area (Å²) in [7, 11) is 1.78. The lowest BCUT2D eigenvalue weighted by Crippen LogP contribution is -2.39. The van der Waals surface area contributed by atoms with Gasteiger partial charge in [0.15, 0.2) is 0 Å². The largest absolute Gasteiger partial charge is 0.469 e. The van der Waals surface area contributed by atoms with Crippen LogP contribution in [0.3, 0.4) is 0 Å². The van der Waals surface area contributed by atoms with Gasteiger partial charge in [0.25, 0.3) is 0 Å². The summed E-state index contributed by atoms with van der Waals surface area (Å²) in [6.07, 6.45) is 1.63. The third-order valence-corrected chi connectivity index (χ3v) is 3.30. The lowest BCUT2D eigenvalue weighted by Gasteiger charge is -2.27. The molecule has 0 saturated carbocycles. The fourth-order valence-corrected chi connectivity index (χ4v) is 1.59. The van der Waals surface area contributed by atoms with Gasteiger partial charge in [0, 0.05) is 25.0 Å². The van der Waals surface area contributed by atoms with Crippen molar-refractivity contribution >= 4 is 17.5 Å². The summed E-state index contributed by atoms with van der Waals surface area (Å²) in [5.41, 5.74) is 0.509. The summed E-state index contributed by atoms with van der Waals surface area (Å²) in [6.45, 7) is 6.14. The second-order valence-corrected chi connectivity index (χ2v) is 4.95. The Morgan fingerprint density at radius 1 is 1.56 bits per heavy atom. The molecule has 0 aliphatic heterocycles. The molecule has 3 nitrogen and oxygen atoms in total. The third kappa shape index (κ3) is 2.79. The molecule has 0 atom stereocenters. The van der Waals surface area contributed by atoms with Crippen molar-refractivity contribution in [3.8, 4) is 0 Å². The van der Waals surface area contributed by atoms with Crippen LogP contribution in [0.5, 0.6) is 0 Å². The van der Waals surface area contributed by atoms with E-state index in [-0.39, 0.29) is 5.91 Å². The van der Waals surface area contributed by atoms with Crippen molar-refractivity contribution in [2.75, 3.05) is 12.9 Å². The highest BCUT2D eigenvalue weighted by molar-refractivity contribution is 6.19. The van der Waals surface area contributed by atoms with Crippen molar-refractivity contribution < 1.29 is 9.21 Å². The van der Waals surface area contributed by atoms with E-state index in [1.54, 1.807) is 18.2 Å². The van der Waals surface area contributed by atoms with E-state index in [1.165, 1.54) is 0 Å². The van der Waals surface area contributed by atoms with Gasteiger partial charge in [0.2, 0.25) is 5.91 Å². The van der Waals surface area contributed by atoms with Crippen LogP contribution in [0.25, 0.3) is 0 Å². The standard InChI is InChI=1S/C12H18ClNO2/c1-9-10(5-6-16-9)7-14(4)11(15)12(2,3)8-13/h5-6H,7-8H2,1-4H3. The minimum atomic E-state index is -0.520. The van der Waals surface area contributed by atoms with Crippen molar-refractivity contribution in [3.05, 3.63) is 23.7 Å². The van der Waals surface area contributed by atoms with Gasteiger partial charge in [-0.25, -0.2) is 0 Å². The van der Waals surface area contributed by atoms with Crippen molar-refractivity contribution in [2.45, 2.75) is 27.3 Å². The minimum absolute atomic E-state index is 0.0445. The van der Waals surface area contributed by atoms with E-state index in [9.17, 15) is 4.79 Å². The van der Waals surface area contributed by atoms with Gasteiger partial charge in [-0.2, -0.15) is 0 Å². The number of halogens is 1. The number of alkyl halides is 1. The predicted octanol–water partition coefficient (Wildman–Crippen LogP) is 2.81. The number of carbonyl (C=O) groups is 1. The van der Waals surface area contributed by atoms with Crippen molar-refractivity contribution in [3.63, 3.8) is 0 Å². The molecule has 0 aromatic carbocycles. The van der Waals surface area contributed by atoms with Gasteiger partial charge in [-0.05, 0) is 26.8 Å². The molecule has 1 rings (SSSR count). The van der Waals surface area contributed by atoms with Gasteiger partial charge in [0.05, 0.1) is 11.7 Å². The number of nitrogens with zero attached hydrogens (tertiary/aromatic N) is 1. The van der Waals surface area contributed by atoms with E-state index in [0.717, 1.165) is 11.3 Å². The summed E-state index contributed by atoms with van der Waals surface area (Å²) in [5, 5.41) is 0. The molecule has 16 heavy (non-hydrogen) atoms. The zero-order valence-corrected chi connectivity index (χ0v) is 11.0. The van der Waals surface area contributed by atoms with Crippen LogP contribution in [0.2, 0.25) is 0 Å². The number of furan rings is 1. The van der Waals surface area contributed by atoms with E-state index in [4.69, 9.17) is 16.0 Å². The molecule has 90 valence electrons.